The second-order valence-electron chi connectivity index (χ2n) is 18.5. The van der Waals surface area contributed by atoms with E-state index in [1.54, 1.807) is 0 Å². The summed E-state index contributed by atoms with van der Waals surface area (Å²) in [4.78, 5) is 15.9. The van der Waals surface area contributed by atoms with E-state index in [4.69, 9.17) is 15.0 Å². The maximum atomic E-state index is 5.38. The highest BCUT2D eigenvalue weighted by molar-refractivity contribution is 6.10. The smallest absolute Gasteiger partial charge is 0.166 e. The normalized spacial score (nSPS) is 12.0. The number of aromatic nitrogens is 4. The first-order valence-corrected chi connectivity index (χ1v) is 21.9. The lowest BCUT2D eigenvalue weighted by molar-refractivity contribution is 0.590. The molecule has 0 unspecified atom stereocenters. The van der Waals surface area contributed by atoms with Crippen molar-refractivity contribution in [3.63, 3.8) is 0 Å². The van der Waals surface area contributed by atoms with Crippen LogP contribution in [0.3, 0.4) is 0 Å². The average molecular weight is 815 g/mol. The number of hydrogen-bond donors (Lipinski definition) is 0. The molecule has 0 fully saturated rings. The summed E-state index contributed by atoms with van der Waals surface area (Å²) in [5.41, 5.74) is 15.4. The van der Waals surface area contributed by atoms with Gasteiger partial charge in [0, 0.05) is 27.5 Å². The van der Waals surface area contributed by atoms with Gasteiger partial charge in [-0.15, -0.1) is 0 Å². The summed E-state index contributed by atoms with van der Waals surface area (Å²) in [6, 6.07) is 69.4. The van der Waals surface area contributed by atoms with Gasteiger partial charge in [0.1, 0.15) is 0 Å². The Morgan fingerprint density at radius 3 is 1.17 bits per heavy atom. The van der Waals surface area contributed by atoms with Gasteiger partial charge in [-0.25, -0.2) is 15.0 Å². The lowest BCUT2D eigenvalue weighted by Crippen LogP contribution is -2.10. The van der Waals surface area contributed by atoms with Crippen molar-refractivity contribution >= 4 is 21.8 Å². The molecule has 0 aliphatic heterocycles. The molecule has 0 spiro atoms. The average Bonchev–Trinajstić information content (AvgIpc) is 3.64. The first kappa shape index (κ1) is 39.7. The molecule has 0 aliphatic carbocycles. The van der Waals surface area contributed by atoms with Crippen molar-refractivity contribution in [1.82, 2.24) is 19.5 Å². The summed E-state index contributed by atoms with van der Waals surface area (Å²) in [7, 11) is 0. The van der Waals surface area contributed by atoms with Crippen molar-refractivity contribution in [3.8, 4) is 73.2 Å². The van der Waals surface area contributed by atoms with Crippen LogP contribution in [0.5, 0.6) is 0 Å². The van der Waals surface area contributed by atoms with Gasteiger partial charge in [0.25, 0.3) is 0 Å². The highest BCUT2D eigenvalue weighted by Gasteiger charge is 2.25. The highest BCUT2D eigenvalue weighted by Crippen LogP contribution is 2.45. The van der Waals surface area contributed by atoms with Crippen molar-refractivity contribution in [1.29, 1.82) is 0 Å². The van der Waals surface area contributed by atoms with Gasteiger partial charge in [-0.05, 0) is 91.7 Å². The van der Waals surface area contributed by atoms with E-state index >= 15 is 0 Å². The highest BCUT2D eigenvalue weighted by atomic mass is 15.1. The minimum atomic E-state index is -0.0216. The maximum Gasteiger partial charge on any atom is 0.166 e. The molecule has 0 aliphatic rings. The topological polar surface area (TPSA) is 43.6 Å². The monoisotopic (exact) mass is 814 g/mol. The Hall–Kier alpha value is -7.43. The van der Waals surface area contributed by atoms with Crippen LogP contribution in [0.1, 0.15) is 52.7 Å². The Labute approximate surface area is 370 Å². The van der Waals surface area contributed by atoms with Gasteiger partial charge in [-0.2, -0.15) is 0 Å². The summed E-state index contributed by atoms with van der Waals surface area (Å²) >= 11 is 0. The number of fused-ring (bicyclic) bond motifs is 3. The SMILES string of the molecule is CC(C)(C)c1ccc2c(c1)c1cc(C(C)(C)C)ccc1n2-c1ccc(-c2c(-c3ccccc3)cccc2-c2ccccc2)cc1-c1nc(-c2ccccc2)nc(-c2ccccc2)n1. The maximum absolute atomic E-state index is 5.38. The molecule has 0 saturated heterocycles. The summed E-state index contributed by atoms with van der Waals surface area (Å²) in [5.74, 6) is 1.85. The number of rotatable bonds is 7. The van der Waals surface area contributed by atoms with Gasteiger partial charge in [0.2, 0.25) is 0 Å². The molecule has 0 amide bonds. The van der Waals surface area contributed by atoms with Gasteiger partial charge in [-0.3, -0.25) is 0 Å². The summed E-state index contributed by atoms with van der Waals surface area (Å²) < 4.78 is 2.43. The fourth-order valence-corrected chi connectivity index (χ4v) is 8.79. The van der Waals surface area contributed by atoms with Crippen LogP contribution in [0, 0.1) is 0 Å². The third-order valence-corrected chi connectivity index (χ3v) is 12.2. The third-order valence-electron chi connectivity index (χ3n) is 12.2. The van der Waals surface area contributed by atoms with Crippen LogP contribution in [0.15, 0.2) is 194 Å². The van der Waals surface area contributed by atoms with E-state index in [9.17, 15) is 0 Å². The molecule has 306 valence electrons. The standard InChI is InChI=1S/C59H50N4/c1-58(2,3)44-31-34-51-48(37-44)49-38-45(59(4,5)6)32-35-52(49)63(51)53-33-30-43(54-46(39-20-11-7-12-21-39)28-19-29-47(54)40-22-13-8-14-23-40)36-50(53)57-61-55(41-24-15-9-16-25-41)60-56(62-57)42-26-17-10-18-27-42/h7-38H,1-6H3. The van der Waals surface area contributed by atoms with Crippen LogP contribution in [0.2, 0.25) is 0 Å². The Kier molecular flexibility index (Phi) is 9.95. The zero-order valence-electron chi connectivity index (χ0n) is 36.8. The molecule has 10 aromatic rings. The van der Waals surface area contributed by atoms with E-state index in [1.165, 1.54) is 21.9 Å². The van der Waals surface area contributed by atoms with E-state index in [0.29, 0.717) is 17.5 Å². The van der Waals surface area contributed by atoms with Gasteiger partial charge in [-0.1, -0.05) is 199 Å². The molecule has 0 radical (unpaired) electrons. The van der Waals surface area contributed by atoms with Gasteiger partial charge >= 0.3 is 0 Å². The number of benzene rings is 8. The van der Waals surface area contributed by atoms with E-state index in [-0.39, 0.29) is 10.8 Å². The molecule has 0 N–H and O–H groups in total. The fraction of sp³-hybridized carbons (Fsp3) is 0.136. The first-order valence-electron chi connectivity index (χ1n) is 21.9. The molecular formula is C59H50N4. The first-order chi connectivity index (χ1) is 30.5. The second-order valence-corrected chi connectivity index (χ2v) is 18.5. The Morgan fingerprint density at radius 1 is 0.333 bits per heavy atom. The molecule has 2 heterocycles. The quantitative estimate of drug-likeness (QED) is 0.161. The predicted molar refractivity (Wildman–Crippen MR) is 264 cm³/mol. The van der Waals surface area contributed by atoms with E-state index in [1.807, 2.05) is 36.4 Å². The van der Waals surface area contributed by atoms with Crippen LogP contribution in [-0.2, 0) is 10.8 Å². The number of hydrogen-bond acceptors (Lipinski definition) is 3. The third kappa shape index (κ3) is 7.52. The van der Waals surface area contributed by atoms with E-state index < -0.39 is 0 Å². The Balaban J connectivity index is 1.33. The molecule has 10 rings (SSSR count). The molecule has 2 aromatic heterocycles. The lowest BCUT2D eigenvalue weighted by atomic mass is 9.85. The van der Waals surface area contributed by atoms with Crippen LogP contribution in [0.25, 0.3) is 95.0 Å². The Morgan fingerprint density at radius 2 is 0.746 bits per heavy atom. The van der Waals surface area contributed by atoms with Gasteiger partial charge < -0.3 is 4.57 Å². The fourth-order valence-electron chi connectivity index (χ4n) is 8.79. The van der Waals surface area contributed by atoms with Crippen molar-refractivity contribution in [2.24, 2.45) is 0 Å². The second kappa shape index (κ2) is 15.8. The lowest BCUT2D eigenvalue weighted by Gasteiger charge is -2.21. The molecule has 63 heavy (non-hydrogen) atoms. The summed E-state index contributed by atoms with van der Waals surface area (Å²) in [6.45, 7) is 13.7. The summed E-state index contributed by atoms with van der Waals surface area (Å²) in [5, 5.41) is 2.45. The van der Waals surface area contributed by atoms with Crippen molar-refractivity contribution < 1.29 is 0 Å². The van der Waals surface area contributed by atoms with Crippen molar-refractivity contribution in [3.05, 3.63) is 205 Å². The molecule has 4 nitrogen and oxygen atoms in total. The molecule has 4 heteroatoms. The molecule has 0 saturated carbocycles. The number of nitrogens with zero attached hydrogens (tertiary/aromatic N) is 4. The largest absolute Gasteiger partial charge is 0.309 e. The van der Waals surface area contributed by atoms with Gasteiger partial charge in [0.05, 0.1) is 16.7 Å². The minimum Gasteiger partial charge on any atom is -0.309 e. The van der Waals surface area contributed by atoms with E-state index in [2.05, 4.69) is 204 Å². The zero-order chi connectivity index (χ0) is 43.3. The molecular weight excluding hydrogens is 765 g/mol. The van der Waals surface area contributed by atoms with Crippen LogP contribution >= 0.6 is 0 Å². The Bertz CT molecular complexity index is 3080. The van der Waals surface area contributed by atoms with Crippen molar-refractivity contribution in [2.45, 2.75) is 52.4 Å². The van der Waals surface area contributed by atoms with Crippen LogP contribution in [0.4, 0.5) is 0 Å². The molecule has 0 bridgehead atoms. The summed E-state index contributed by atoms with van der Waals surface area (Å²) in [6.07, 6.45) is 0. The van der Waals surface area contributed by atoms with Crippen LogP contribution < -0.4 is 0 Å². The minimum absolute atomic E-state index is 0.0216. The van der Waals surface area contributed by atoms with Gasteiger partial charge in [0.15, 0.2) is 17.5 Å². The predicted octanol–water partition coefficient (Wildman–Crippen LogP) is 15.6. The zero-order valence-corrected chi connectivity index (χ0v) is 36.8. The van der Waals surface area contributed by atoms with Crippen molar-refractivity contribution in [2.75, 3.05) is 0 Å². The molecule has 8 aromatic carbocycles. The molecule has 0 atom stereocenters. The van der Waals surface area contributed by atoms with Crippen LogP contribution in [-0.4, -0.2) is 19.5 Å². The van der Waals surface area contributed by atoms with E-state index in [0.717, 1.165) is 66.8 Å².